The fourth-order valence-corrected chi connectivity index (χ4v) is 1.89. The lowest BCUT2D eigenvalue weighted by atomic mass is 10.4. The van der Waals surface area contributed by atoms with Gasteiger partial charge in [0.05, 0.1) is 59.5 Å². The summed E-state index contributed by atoms with van der Waals surface area (Å²) in [6, 6.07) is 0. The summed E-state index contributed by atoms with van der Waals surface area (Å²) in [7, 11) is 0. The molecule has 0 aromatic rings. The normalized spacial score (nSPS) is 21.1. The Hall–Kier alpha value is -0.320. The Balaban J connectivity index is 1.66. The van der Waals surface area contributed by atoms with Gasteiger partial charge in [0.1, 0.15) is 12.0 Å². The van der Waals surface area contributed by atoms with Crippen LogP contribution in [0.25, 0.3) is 0 Å². The van der Waals surface area contributed by atoms with E-state index in [1.807, 2.05) is 13.8 Å². The fourth-order valence-electron chi connectivity index (χ4n) is 1.89. The van der Waals surface area contributed by atoms with Crippen LogP contribution in [-0.4, -0.2) is 89.6 Å². The summed E-state index contributed by atoms with van der Waals surface area (Å²) >= 11 is 0. The van der Waals surface area contributed by atoms with Crippen LogP contribution >= 0.6 is 0 Å². The molecule has 0 aromatic carbocycles. The van der Waals surface area contributed by atoms with Crippen molar-refractivity contribution in [1.82, 2.24) is 10.6 Å². The highest BCUT2D eigenvalue weighted by Gasteiger charge is 2.38. The monoisotopic (exact) mass is 350 g/mol. The molecule has 144 valence electrons. The molecule has 24 heavy (non-hydrogen) atoms. The lowest BCUT2D eigenvalue weighted by Gasteiger charge is -2.11. The molecule has 0 radical (unpaired) electrons. The molecule has 0 aliphatic carbocycles. The molecule has 0 amide bonds. The maximum absolute atomic E-state index is 9.42. The van der Waals surface area contributed by atoms with Crippen LogP contribution in [0.5, 0.6) is 0 Å². The number of hydrogen-bond acceptors (Lipinski definition) is 8. The summed E-state index contributed by atoms with van der Waals surface area (Å²) in [6.45, 7) is 10.7. The first-order chi connectivity index (χ1) is 11.7. The Morgan fingerprint density at radius 1 is 0.958 bits per heavy atom. The molecule has 1 aliphatic rings. The van der Waals surface area contributed by atoms with Crippen LogP contribution in [0.15, 0.2) is 0 Å². The van der Waals surface area contributed by atoms with E-state index in [1.165, 1.54) is 0 Å². The van der Waals surface area contributed by atoms with E-state index in [0.29, 0.717) is 59.3 Å². The summed E-state index contributed by atoms with van der Waals surface area (Å²) in [5, 5.41) is 15.6. The predicted octanol–water partition coefficient (Wildman–Crippen LogP) is -0.293. The highest BCUT2D eigenvalue weighted by Crippen LogP contribution is 2.20. The molecule has 0 saturated carbocycles. The number of aliphatic hydroxyl groups excluding tert-OH is 1. The van der Waals surface area contributed by atoms with Crippen molar-refractivity contribution >= 4 is 0 Å². The molecule has 0 spiro atoms. The Morgan fingerprint density at radius 3 is 1.96 bits per heavy atom. The molecule has 2 atom stereocenters. The average molecular weight is 350 g/mol. The Labute approximate surface area is 145 Å². The van der Waals surface area contributed by atoms with Crippen molar-refractivity contribution in [1.29, 1.82) is 0 Å². The van der Waals surface area contributed by atoms with Gasteiger partial charge in [0.2, 0.25) is 0 Å². The summed E-state index contributed by atoms with van der Waals surface area (Å²) in [6.07, 6.45) is 0.0890. The molecule has 3 N–H and O–H groups in total. The highest BCUT2D eigenvalue weighted by molar-refractivity contribution is 4.83. The topological polar surface area (TPSA) is 93.7 Å². The van der Waals surface area contributed by atoms with E-state index in [4.69, 9.17) is 23.7 Å². The van der Waals surface area contributed by atoms with Crippen LogP contribution in [0.1, 0.15) is 20.3 Å². The Bertz CT molecular complexity index is 292. The van der Waals surface area contributed by atoms with Gasteiger partial charge >= 0.3 is 0 Å². The first kappa shape index (κ1) is 21.7. The molecule has 1 saturated heterocycles. The third-order valence-electron chi connectivity index (χ3n) is 3.41. The maximum atomic E-state index is 9.42. The average Bonchev–Trinajstić information content (AvgIpc) is 3.29. The standard InChI is InChI=1S/C16H34N2O6/c1-3-17-15(19)4-6-20-8-10-22-12-13-23-11-9-21-7-5-18-16(2)14-24-16/h15,17-19H,3-14H2,1-2H3. The van der Waals surface area contributed by atoms with E-state index in [9.17, 15) is 5.11 Å². The highest BCUT2D eigenvalue weighted by atomic mass is 16.6. The van der Waals surface area contributed by atoms with Gasteiger partial charge in [-0.15, -0.1) is 0 Å². The zero-order valence-corrected chi connectivity index (χ0v) is 15.1. The molecular weight excluding hydrogens is 316 g/mol. The number of ether oxygens (including phenoxy) is 5. The summed E-state index contributed by atoms with van der Waals surface area (Å²) in [5.74, 6) is 0. The molecule has 1 heterocycles. The quantitative estimate of drug-likeness (QED) is 0.176. The third kappa shape index (κ3) is 13.0. The number of hydrogen-bond donors (Lipinski definition) is 3. The lowest BCUT2D eigenvalue weighted by molar-refractivity contribution is -0.00648. The van der Waals surface area contributed by atoms with Gasteiger partial charge in [-0.1, -0.05) is 6.92 Å². The molecule has 1 aliphatic heterocycles. The van der Waals surface area contributed by atoms with E-state index in [1.54, 1.807) is 0 Å². The second kappa shape index (κ2) is 13.9. The molecule has 8 nitrogen and oxygen atoms in total. The molecular formula is C16H34N2O6. The van der Waals surface area contributed by atoms with Gasteiger partial charge in [0, 0.05) is 13.0 Å². The number of nitrogens with one attached hydrogen (secondary N) is 2. The van der Waals surface area contributed by atoms with Crippen LogP contribution < -0.4 is 10.6 Å². The molecule has 1 fully saturated rings. The van der Waals surface area contributed by atoms with Crippen molar-refractivity contribution in [2.75, 3.05) is 72.6 Å². The van der Waals surface area contributed by atoms with Crippen LogP contribution in [0.3, 0.4) is 0 Å². The van der Waals surface area contributed by atoms with Crippen LogP contribution in [0.4, 0.5) is 0 Å². The van der Waals surface area contributed by atoms with Crippen LogP contribution in [0.2, 0.25) is 0 Å². The third-order valence-corrected chi connectivity index (χ3v) is 3.41. The van der Waals surface area contributed by atoms with Gasteiger partial charge in [-0.25, -0.2) is 0 Å². The molecule has 0 aromatic heterocycles. The second-order valence-electron chi connectivity index (χ2n) is 5.76. The van der Waals surface area contributed by atoms with Gasteiger partial charge in [-0.2, -0.15) is 0 Å². The van der Waals surface area contributed by atoms with E-state index < -0.39 is 6.23 Å². The number of epoxide rings is 1. The fraction of sp³-hybridized carbons (Fsp3) is 1.00. The Morgan fingerprint density at radius 2 is 1.46 bits per heavy atom. The predicted molar refractivity (Wildman–Crippen MR) is 89.9 cm³/mol. The molecule has 8 heteroatoms. The summed E-state index contributed by atoms with van der Waals surface area (Å²) in [5.41, 5.74) is -0.118. The molecule has 0 bridgehead atoms. The van der Waals surface area contributed by atoms with Crippen molar-refractivity contribution in [2.24, 2.45) is 0 Å². The van der Waals surface area contributed by atoms with E-state index in [2.05, 4.69) is 10.6 Å². The summed E-state index contributed by atoms with van der Waals surface area (Å²) < 4.78 is 26.8. The first-order valence-corrected chi connectivity index (χ1v) is 8.78. The Kier molecular flexibility index (Phi) is 12.6. The SMILES string of the molecule is CCNC(O)CCOCCOCCOCCOCCNC1(C)CO1. The van der Waals surface area contributed by atoms with E-state index >= 15 is 0 Å². The molecule has 1 rings (SSSR count). The van der Waals surface area contributed by atoms with Gasteiger partial charge < -0.3 is 28.8 Å². The van der Waals surface area contributed by atoms with Gasteiger partial charge in [-0.3, -0.25) is 10.6 Å². The number of rotatable bonds is 18. The van der Waals surface area contributed by atoms with Crippen LogP contribution in [0, 0.1) is 0 Å². The van der Waals surface area contributed by atoms with Crippen LogP contribution in [-0.2, 0) is 23.7 Å². The van der Waals surface area contributed by atoms with Crippen molar-refractivity contribution in [3.8, 4) is 0 Å². The first-order valence-electron chi connectivity index (χ1n) is 8.78. The minimum Gasteiger partial charge on any atom is -0.379 e. The van der Waals surface area contributed by atoms with E-state index in [0.717, 1.165) is 19.7 Å². The molecule has 2 unspecified atom stereocenters. The largest absolute Gasteiger partial charge is 0.379 e. The van der Waals surface area contributed by atoms with Crippen molar-refractivity contribution in [2.45, 2.75) is 32.2 Å². The van der Waals surface area contributed by atoms with Gasteiger partial charge in [0.25, 0.3) is 0 Å². The zero-order valence-electron chi connectivity index (χ0n) is 15.1. The van der Waals surface area contributed by atoms with Crippen molar-refractivity contribution in [3.63, 3.8) is 0 Å². The van der Waals surface area contributed by atoms with Gasteiger partial charge in [-0.05, 0) is 13.5 Å². The smallest absolute Gasteiger partial charge is 0.140 e. The second-order valence-corrected chi connectivity index (χ2v) is 5.76. The lowest BCUT2D eigenvalue weighted by Crippen LogP contribution is -2.32. The van der Waals surface area contributed by atoms with Gasteiger partial charge in [0.15, 0.2) is 0 Å². The minimum absolute atomic E-state index is 0.118. The maximum Gasteiger partial charge on any atom is 0.140 e. The minimum atomic E-state index is -0.493. The van der Waals surface area contributed by atoms with Crippen molar-refractivity contribution < 1.29 is 28.8 Å². The summed E-state index contributed by atoms with van der Waals surface area (Å²) in [4.78, 5) is 0. The van der Waals surface area contributed by atoms with Crippen molar-refractivity contribution in [3.05, 3.63) is 0 Å². The van der Waals surface area contributed by atoms with E-state index in [-0.39, 0.29) is 5.72 Å². The zero-order chi connectivity index (χ0) is 17.5. The number of aliphatic hydroxyl groups is 1.